The molecule has 1 unspecified atom stereocenters. The molecular formula is C20H20ClF2N3O2. The first-order valence-corrected chi connectivity index (χ1v) is 9.27. The number of amides is 2. The maximum Gasteiger partial charge on any atom is 0.251 e. The van der Waals surface area contributed by atoms with Gasteiger partial charge in [0, 0.05) is 42.3 Å². The first-order chi connectivity index (χ1) is 13.4. The van der Waals surface area contributed by atoms with Gasteiger partial charge in [-0.3, -0.25) is 14.5 Å². The topological polar surface area (TPSA) is 61.4 Å². The lowest BCUT2D eigenvalue weighted by atomic mass is 10.2. The highest BCUT2D eigenvalue weighted by Crippen LogP contribution is 2.15. The van der Waals surface area contributed by atoms with Crippen molar-refractivity contribution in [2.75, 3.05) is 19.6 Å². The van der Waals surface area contributed by atoms with Crippen LogP contribution >= 0.6 is 11.6 Å². The highest BCUT2D eigenvalue weighted by atomic mass is 35.5. The molecule has 8 heteroatoms. The Morgan fingerprint density at radius 3 is 2.46 bits per heavy atom. The molecule has 3 rings (SSSR count). The maximum absolute atomic E-state index is 13.2. The molecule has 0 radical (unpaired) electrons. The monoisotopic (exact) mass is 407 g/mol. The Morgan fingerprint density at radius 1 is 1.11 bits per heavy atom. The van der Waals surface area contributed by atoms with Gasteiger partial charge in [0.15, 0.2) is 0 Å². The number of halogens is 3. The third-order valence-corrected chi connectivity index (χ3v) is 4.74. The minimum Gasteiger partial charge on any atom is -0.350 e. The molecule has 1 heterocycles. The molecule has 1 aliphatic rings. The molecule has 0 aliphatic carbocycles. The van der Waals surface area contributed by atoms with E-state index in [0.717, 1.165) is 37.2 Å². The van der Waals surface area contributed by atoms with Gasteiger partial charge in [-0.1, -0.05) is 23.7 Å². The van der Waals surface area contributed by atoms with Gasteiger partial charge in [0.25, 0.3) is 5.91 Å². The van der Waals surface area contributed by atoms with Crippen molar-refractivity contribution >= 4 is 23.4 Å². The molecule has 0 spiro atoms. The predicted octanol–water partition coefficient (Wildman–Crippen LogP) is 2.74. The zero-order valence-electron chi connectivity index (χ0n) is 15.1. The van der Waals surface area contributed by atoms with Crippen LogP contribution in [0.25, 0.3) is 0 Å². The first kappa shape index (κ1) is 20.2. The first-order valence-electron chi connectivity index (χ1n) is 8.89. The molecule has 1 aliphatic heterocycles. The standard InChI is InChI=1S/C20H20ClF2N3O2/c21-15-3-1-13(2-4-15)11-26-6-5-18(12-26)25-19(27)10-24-20(28)14-7-16(22)9-17(23)8-14/h1-4,7-9,18H,5-6,10-12H2,(H,24,28)(H,25,27). The molecule has 2 N–H and O–H groups in total. The summed E-state index contributed by atoms with van der Waals surface area (Å²) in [6.07, 6.45) is 0.808. The number of rotatable bonds is 6. The number of hydrogen-bond acceptors (Lipinski definition) is 3. The molecule has 1 saturated heterocycles. The normalized spacial score (nSPS) is 16.8. The van der Waals surface area contributed by atoms with Gasteiger partial charge in [-0.25, -0.2) is 8.78 Å². The van der Waals surface area contributed by atoms with Crippen LogP contribution in [-0.2, 0) is 11.3 Å². The SMILES string of the molecule is O=C(CNC(=O)c1cc(F)cc(F)c1)NC1CCN(Cc2ccc(Cl)cc2)C1. The second kappa shape index (κ2) is 9.12. The van der Waals surface area contributed by atoms with Gasteiger partial charge in [-0.2, -0.15) is 0 Å². The highest BCUT2D eigenvalue weighted by Gasteiger charge is 2.24. The lowest BCUT2D eigenvalue weighted by Gasteiger charge is -2.17. The van der Waals surface area contributed by atoms with Gasteiger partial charge < -0.3 is 10.6 Å². The maximum atomic E-state index is 13.2. The van der Waals surface area contributed by atoms with E-state index in [1.54, 1.807) is 0 Å². The number of nitrogens with zero attached hydrogens (tertiary/aromatic N) is 1. The molecule has 1 atom stereocenters. The lowest BCUT2D eigenvalue weighted by molar-refractivity contribution is -0.120. The molecule has 0 bridgehead atoms. The van der Waals surface area contributed by atoms with Crippen LogP contribution in [0.3, 0.4) is 0 Å². The molecule has 0 saturated carbocycles. The number of carbonyl (C=O) groups is 2. The average molecular weight is 408 g/mol. The summed E-state index contributed by atoms with van der Waals surface area (Å²) in [5, 5.41) is 5.93. The van der Waals surface area contributed by atoms with Crippen molar-refractivity contribution in [2.45, 2.75) is 19.0 Å². The minimum absolute atomic E-state index is 0.0108. The Labute approximate surface area is 166 Å². The number of nitrogens with one attached hydrogen (secondary N) is 2. The van der Waals surface area contributed by atoms with Crippen LogP contribution in [0.2, 0.25) is 5.02 Å². The van der Waals surface area contributed by atoms with Gasteiger partial charge in [-0.15, -0.1) is 0 Å². The van der Waals surface area contributed by atoms with Crippen molar-refractivity contribution in [3.8, 4) is 0 Å². The van der Waals surface area contributed by atoms with Crippen molar-refractivity contribution < 1.29 is 18.4 Å². The van der Waals surface area contributed by atoms with Crippen LogP contribution < -0.4 is 10.6 Å². The Morgan fingerprint density at radius 2 is 1.79 bits per heavy atom. The fraction of sp³-hybridized carbons (Fsp3) is 0.300. The zero-order chi connectivity index (χ0) is 20.1. The van der Waals surface area contributed by atoms with Gasteiger partial charge in [-0.05, 0) is 36.2 Å². The number of likely N-dealkylation sites (tertiary alicyclic amines) is 1. The van der Waals surface area contributed by atoms with E-state index < -0.39 is 17.5 Å². The molecule has 148 valence electrons. The van der Waals surface area contributed by atoms with Crippen molar-refractivity contribution in [1.29, 1.82) is 0 Å². The lowest BCUT2D eigenvalue weighted by Crippen LogP contribution is -2.43. The summed E-state index contributed by atoms with van der Waals surface area (Å²) in [5.74, 6) is -2.74. The van der Waals surface area contributed by atoms with E-state index in [4.69, 9.17) is 11.6 Å². The van der Waals surface area contributed by atoms with E-state index >= 15 is 0 Å². The Balaban J connectivity index is 1.42. The highest BCUT2D eigenvalue weighted by molar-refractivity contribution is 6.30. The summed E-state index contributed by atoms with van der Waals surface area (Å²) in [7, 11) is 0. The average Bonchev–Trinajstić information content (AvgIpc) is 3.07. The van der Waals surface area contributed by atoms with Crippen molar-refractivity contribution in [2.24, 2.45) is 0 Å². The second-order valence-electron chi connectivity index (χ2n) is 6.76. The number of benzene rings is 2. The second-order valence-corrected chi connectivity index (χ2v) is 7.19. The van der Waals surface area contributed by atoms with E-state index in [0.29, 0.717) is 17.6 Å². The summed E-state index contributed by atoms with van der Waals surface area (Å²) in [5.41, 5.74) is 0.978. The minimum atomic E-state index is -0.846. The fourth-order valence-electron chi connectivity index (χ4n) is 3.17. The smallest absolute Gasteiger partial charge is 0.251 e. The zero-order valence-corrected chi connectivity index (χ0v) is 15.8. The van der Waals surface area contributed by atoms with Crippen LogP contribution in [0.15, 0.2) is 42.5 Å². The largest absolute Gasteiger partial charge is 0.350 e. The van der Waals surface area contributed by atoms with Gasteiger partial charge in [0.05, 0.1) is 6.54 Å². The van der Waals surface area contributed by atoms with Crippen LogP contribution in [0, 0.1) is 11.6 Å². The van der Waals surface area contributed by atoms with E-state index in [1.165, 1.54) is 0 Å². The summed E-state index contributed by atoms with van der Waals surface area (Å²) in [4.78, 5) is 26.2. The molecule has 2 aromatic carbocycles. The van der Waals surface area contributed by atoms with Crippen LogP contribution in [0.5, 0.6) is 0 Å². The van der Waals surface area contributed by atoms with Crippen molar-refractivity contribution in [3.63, 3.8) is 0 Å². The molecule has 28 heavy (non-hydrogen) atoms. The van der Waals surface area contributed by atoms with E-state index in [9.17, 15) is 18.4 Å². The molecule has 2 aromatic rings. The number of hydrogen-bond donors (Lipinski definition) is 2. The summed E-state index contributed by atoms with van der Waals surface area (Å²) in [6.45, 7) is 2.07. The van der Waals surface area contributed by atoms with Gasteiger partial charge in [0.2, 0.25) is 5.91 Å². The third kappa shape index (κ3) is 5.74. The van der Waals surface area contributed by atoms with Crippen molar-refractivity contribution in [3.05, 3.63) is 70.2 Å². The molecule has 1 fully saturated rings. The summed E-state index contributed by atoms with van der Waals surface area (Å²) >= 11 is 5.89. The van der Waals surface area contributed by atoms with Crippen LogP contribution in [-0.4, -0.2) is 42.4 Å². The predicted molar refractivity (Wildman–Crippen MR) is 102 cm³/mol. The van der Waals surface area contributed by atoms with Gasteiger partial charge in [0.1, 0.15) is 11.6 Å². The molecule has 2 amide bonds. The van der Waals surface area contributed by atoms with Gasteiger partial charge >= 0.3 is 0 Å². The Bertz CT molecular complexity index is 841. The van der Waals surface area contributed by atoms with Crippen LogP contribution in [0.1, 0.15) is 22.3 Å². The quantitative estimate of drug-likeness (QED) is 0.774. The van der Waals surface area contributed by atoms with E-state index in [-0.39, 0.29) is 24.1 Å². The molecular weight excluding hydrogens is 388 g/mol. The third-order valence-electron chi connectivity index (χ3n) is 4.49. The fourth-order valence-corrected chi connectivity index (χ4v) is 3.29. The summed E-state index contributed by atoms with van der Waals surface area (Å²) in [6, 6.07) is 10.1. The van der Waals surface area contributed by atoms with E-state index in [2.05, 4.69) is 15.5 Å². The number of carbonyl (C=O) groups excluding carboxylic acids is 2. The molecule has 5 nitrogen and oxygen atoms in total. The Kier molecular flexibility index (Phi) is 6.59. The van der Waals surface area contributed by atoms with E-state index in [1.807, 2.05) is 24.3 Å². The molecule has 0 aromatic heterocycles. The summed E-state index contributed by atoms with van der Waals surface area (Å²) < 4.78 is 26.3. The Hall–Kier alpha value is -2.51. The van der Waals surface area contributed by atoms with Crippen LogP contribution in [0.4, 0.5) is 8.78 Å². The van der Waals surface area contributed by atoms with Crippen molar-refractivity contribution in [1.82, 2.24) is 15.5 Å².